The quantitative estimate of drug-likeness (QED) is 0.256. The number of ketones is 1. The highest BCUT2D eigenvalue weighted by molar-refractivity contribution is 5.92. The van der Waals surface area contributed by atoms with E-state index in [0.29, 0.717) is 38.9 Å². The van der Waals surface area contributed by atoms with Crippen molar-refractivity contribution in [3.05, 3.63) is 36.0 Å². The number of hydrogen-bond acceptors (Lipinski definition) is 6. The lowest BCUT2D eigenvalue weighted by Crippen LogP contribution is -2.53. The first-order valence-electron chi connectivity index (χ1n) is 16.6. The molecule has 2 heterocycles. The maximum Gasteiger partial charge on any atom is 0.418 e. The Bertz CT molecular complexity index is 1300. The van der Waals surface area contributed by atoms with Gasteiger partial charge in [-0.25, -0.2) is 4.79 Å². The lowest BCUT2D eigenvalue weighted by atomic mass is 9.82. The number of ether oxygens (including phenoxy) is 2. The summed E-state index contributed by atoms with van der Waals surface area (Å²) in [5, 5.41) is 4.23. The predicted octanol–water partition coefficient (Wildman–Crippen LogP) is 6.54. The second-order valence-corrected chi connectivity index (χ2v) is 14.2. The van der Waals surface area contributed by atoms with Gasteiger partial charge in [0, 0.05) is 35.9 Å². The van der Waals surface area contributed by atoms with Crippen LogP contribution in [-0.2, 0) is 30.3 Å². The molecule has 1 N–H and O–H groups in total. The smallest absolute Gasteiger partial charge is 0.418 e. The number of hydrogen-bond donors (Lipinski definition) is 1. The highest BCUT2D eigenvalue weighted by atomic mass is 16.5. The van der Waals surface area contributed by atoms with E-state index >= 15 is 0 Å². The Balaban J connectivity index is 1.91. The van der Waals surface area contributed by atoms with Crippen molar-refractivity contribution in [2.45, 2.75) is 118 Å². The summed E-state index contributed by atoms with van der Waals surface area (Å²) in [6.45, 7) is 15.0. The normalized spacial score (nSPS) is 19.2. The SMILES string of the molecule is CCCC[C@@H](CC[C@@H](Cc1cn(C(=O)OC)c2ccccc12)NC(=O)[C@@H](CC(=O)N1[C@H](C)COC[C@@H]1C)CC(C)(C)C)C(C)=O. The van der Waals surface area contributed by atoms with Crippen molar-refractivity contribution in [1.82, 2.24) is 14.8 Å². The van der Waals surface area contributed by atoms with Crippen LogP contribution in [0.1, 0.15) is 99.0 Å². The van der Waals surface area contributed by atoms with E-state index in [9.17, 15) is 19.2 Å². The van der Waals surface area contributed by atoms with Gasteiger partial charge >= 0.3 is 6.09 Å². The molecule has 0 saturated carbocycles. The summed E-state index contributed by atoms with van der Waals surface area (Å²) in [5.74, 6) is -0.599. The van der Waals surface area contributed by atoms with Gasteiger partial charge in [-0.05, 0) is 69.9 Å². The van der Waals surface area contributed by atoms with E-state index in [-0.39, 0.29) is 53.5 Å². The van der Waals surface area contributed by atoms with Gasteiger partial charge < -0.3 is 19.7 Å². The van der Waals surface area contributed by atoms with Crippen molar-refractivity contribution in [2.75, 3.05) is 20.3 Å². The van der Waals surface area contributed by atoms with Crippen LogP contribution < -0.4 is 5.32 Å². The molecule has 1 aliphatic heterocycles. The van der Waals surface area contributed by atoms with Crippen LogP contribution in [0.3, 0.4) is 0 Å². The molecule has 1 aromatic carbocycles. The summed E-state index contributed by atoms with van der Waals surface area (Å²) in [6, 6.07) is 7.25. The molecule has 5 atom stereocenters. The van der Waals surface area contributed by atoms with Gasteiger partial charge in [-0.2, -0.15) is 0 Å². The van der Waals surface area contributed by atoms with Gasteiger partial charge in [-0.3, -0.25) is 19.0 Å². The van der Waals surface area contributed by atoms with Crippen LogP contribution >= 0.6 is 0 Å². The van der Waals surface area contributed by atoms with Crippen LogP contribution in [-0.4, -0.2) is 71.6 Å². The molecule has 1 aliphatic rings. The van der Waals surface area contributed by atoms with E-state index in [4.69, 9.17) is 9.47 Å². The number of morpholine rings is 1. The molecule has 1 saturated heterocycles. The molecule has 9 heteroatoms. The molecule has 0 bridgehead atoms. The topological polar surface area (TPSA) is 107 Å². The minimum atomic E-state index is -0.512. The highest BCUT2D eigenvalue weighted by Crippen LogP contribution is 2.30. The van der Waals surface area contributed by atoms with Crippen molar-refractivity contribution >= 4 is 34.6 Å². The number of nitrogens with zero attached hydrogens (tertiary/aromatic N) is 2. The number of amides is 2. The van der Waals surface area contributed by atoms with Gasteiger partial charge in [-0.1, -0.05) is 58.7 Å². The number of methoxy groups -OCH3 is 1. The fraction of sp³-hybridized carbons (Fsp3) is 0.667. The van der Waals surface area contributed by atoms with Crippen LogP contribution in [0.4, 0.5) is 4.79 Å². The van der Waals surface area contributed by atoms with Crippen molar-refractivity contribution in [3.63, 3.8) is 0 Å². The highest BCUT2D eigenvalue weighted by Gasteiger charge is 2.35. The molecule has 3 rings (SSSR count). The zero-order valence-corrected chi connectivity index (χ0v) is 28.7. The van der Waals surface area contributed by atoms with E-state index in [2.05, 4.69) is 33.0 Å². The Morgan fingerprint density at radius 1 is 1.02 bits per heavy atom. The molecular weight excluding hydrogens is 570 g/mol. The van der Waals surface area contributed by atoms with Gasteiger partial charge in [-0.15, -0.1) is 0 Å². The second-order valence-electron chi connectivity index (χ2n) is 14.2. The van der Waals surface area contributed by atoms with E-state index in [1.54, 1.807) is 13.1 Å². The van der Waals surface area contributed by atoms with Gasteiger partial charge in [0.2, 0.25) is 11.8 Å². The third-order valence-corrected chi connectivity index (χ3v) is 8.93. The van der Waals surface area contributed by atoms with E-state index in [0.717, 1.165) is 35.7 Å². The Morgan fingerprint density at radius 3 is 2.29 bits per heavy atom. The van der Waals surface area contributed by atoms with Gasteiger partial charge in [0.25, 0.3) is 0 Å². The Labute approximate surface area is 269 Å². The molecular formula is C36H55N3O6. The molecule has 45 heavy (non-hydrogen) atoms. The minimum Gasteiger partial charge on any atom is -0.452 e. The Morgan fingerprint density at radius 2 is 1.69 bits per heavy atom. The minimum absolute atomic E-state index is 0.0309. The number of carbonyl (C=O) groups excluding carboxylic acids is 4. The van der Waals surface area contributed by atoms with Gasteiger partial charge in [0.05, 0.1) is 37.9 Å². The van der Waals surface area contributed by atoms with Crippen LogP contribution in [0.5, 0.6) is 0 Å². The molecule has 9 nitrogen and oxygen atoms in total. The number of rotatable bonds is 14. The fourth-order valence-electron chi connectivity index (χ4n) is 6.68. The zero-order valence-electron chi connectivity index (χ0n) is 28.7. The zero-order chi connectivity index (χ0) is 33.3. The third kappa shape index (κ3) is 10.1. The molecule has 250 valence electrons. The van der Waals surface area contributed by atoms with E-state index < -0.39 is 12.0 Å². The molecule has 0 aliphatic carbocycles. The molecule has 2 aromatic rings. The molecule has 2 amide bonds. The third-order valence-electron chi connectivity index (χ3n) is 8.93. The van der Waals surface area contributed by atoms with Gasteiger partial charge in [0.15, 0.2) is 0 Å². The van der Waals surface area contributed by atoms with Crippen molar-refractivity contribution in [3.8, 4) is 0 Å². The van der Waals surface area contributed by atoms with Crippen LogP contribution in [0.25, 0.3) is 10.9 Å². The largest absolute Gasteiger partial charge is 0.452 e. The first-order chi connectivity index (χ1) is 21.2. The number of para-hydroxylation sites is 1. The lowest BCUT2D eigenvalue weighted by Gasteiger charge is -2.39. The summed E-state index contributed by atoms with van der Waals surface area (Å²) in [7, 11) is 1.35. The van der Waals surface area contributed by atoms with Crippen molar-refractivity contribution < 1.29 is 28.7 Å². The molecule has 1 fully saturated rings. The molecule has 1 aromatic heterocycles. The average Bonchev–Trinajstić information content (AvgIpc) is 3.33. The number of carbonyl (C=O) groups is 4. The number of nitrogens with one attached hydrogen (secondary N) is 1. The van der Waals surface area contributed by atoms with Crippen LogP contribution in [0.2, 0.25) is 0 Å². The summed E-state index contributed by atoms with van der Waals surface area (Å²) in [5.41, 5.74) is 1.47. The number of benzene rings is 1. The van der Waals surface area contributed by atoms with Crippen LogP contribution in [0.15, 0.2) is 30.5 Å². The Kier molecular flexibility index (Phi) is 13.2. The molecule has 0 unspecified atom stereocenters. The first-order valence-corrected chi connectivity index (χ1v) is 16.6. The van der Waals surface area contributed by atoms with E-state index in [1.165, 1.54) is 11.7 Å². The summed E-state index contributed by atoms with van der Waals surface area (Å²) in [6.07, 6.45) is 6.52. The maximum atomic E-state index is 14.1. The predicted molar refractivity (Wildman–Crippen MR) is 177 cm³/mol. The number of aromatic nitrogens is 1. The van der Waals surface area contributed by atoms with Crippen molar-refractivity contribution in [2.24, 2.45) is 17.3 Å². The average molecular weight is 626 g/mol. The van der Waals surface area contributed by atoms with Gasteiger partial charge in [0.1, 0.15) is 5.78 Å². The van der Waals surface area contributed by atoms with Crippen molar-refractivity contribution in [1.29, 1.82) is 0 Å². The summed E-state index contributed by atoms with van der Waals surface area (Å²) < 4.78 is 12.1. The maximum absolute atomic E-state index is 14.1. The molecule has 0 spiro atoms. The fourth-order valence-corrected chi connectivity index (χ4v) is 6.68. The number of Topliss-reactive ketones (excluding diaryl/α,β-unsaturated/α-hetero) is 1. The monoisotopic (exact) mass is 625 g/mol. The lowest BCUT2D eigenvalue weighted by molar-refractivity contribution is -0.147. The number of unbranched alkanes of at least 4 members (excludes halogenated alkanes) is 1. The van der Waals surface area contributed by atoms with Crippen LogP contribution in [0, 0.1) is 17.3 Å². The Hall–Kier alpha value is -3.20. The number of fused-ring (bicyclic) bond motifs is 1. The van der Waals surface area contributed by atoms with E-state index in [1.807, 2.05) is 43.0 Å². The molecule has 0 radical (unpaired) electrons. The first kappa shape index (κ1) is 36.3. The standard InChI is InChI=1S/C36H55N3O6/c1-9-10-13-27(26(4)40)16-17-30(18-29-21-38(35(43)44-8)32-15-12-11-14-31(29)32)37-34(42)28(20-36(5,6)7)19-33(41)39-24(2)22-45-23-25(39)3/h11-12,14-15,21,24-25,27-28,30H,9-10,13,16-20,22-23H2,1-8H3,(H,37,42)/t24-,25+,27-,28-,30-/m0/s1. The second kappa shape index (κ2) is 16.4. The summed E-state index contributed by atoms with van der Waals surface area (Å²) >= 11 is 0. The summed E-state index contributed by atoms with van der Waals surface area (Å²) in [4.78, 5) is 54.7.